The highest BCUT2D eigenvalue weighted by Gasteiger charge is 2.11. The lowest BCUT2D eigenvalue weighted by atomic mass is 10.2. The standard InChI is InChI=1S/C21H21ClN4O2/c1-13-10-16(22)6-9-18(13)26-20-11-19(24-14(2)25-20)21(27)23-12-15-4-7-17(28-3)8-5-15/h4-11H,12H2,1-3H3,(H,23,27)(H,24,25,26). The largest absolute Gasteiger partial charge is 0.497 e. The van der Waals surface area contributed by atoms with E-state index in [0.717, 1.165) is 22.6 Å². The Morgan fingerprint density at radius 1 is 1.07 bits per heavy atom. The van der Waals surface area contributed by atoms with Crippen LogP contribution in [0.1, 0.15) is 27.4 Å². The fraction of sp³-hybridized carbons (Fsp3) is 0.190. The quantitative estimate of drug-likeness (QED) is 0.644. The van der Waals surface area contributed by atoms with Crippen molar-refractivity contribution in [1.29, 1.82) is 0 Å². The van der Waals surface area contributed by atoms with Crippen LogP contribution in [0.4, 0.5) is 11.5 Å². The second-order valence-corrected chi connectivity index (χ2v) is 6.74. The Morgan fingerprint density at radius 2 is 1.82 bits per heavy atom. The van der Waals surface area contributed by atoms with Gasteiger partial charge in [-0.3, -0.25) is 4.79 Å². The highest BCUT2D eigenvalue weighted by atomic mass is 35.5. The third kappa shape index (κ3) is 4.98. The lowest BCUT2D eigenvalue weighted by Crippen LogP contribution is -2.24. The molecule has 0 aliphatic carbocycles. The van der Waals surface area contributed by atoms with E-state index in [0.29, 0.717) is 28.9 Å². The fourth-order valence-electron chi connectivity index (χ4n) is 2.67. The van der Waals surface area contributed by atoms with E-state index in [2.05, 4.69) is 20.6 Å². The summed E-state index contributed by atoms with van der Waals surface area (Å²) in [6.07, 6.45) is 0. The molecule has 0 radical (unpaired) electrons. The fourth-order valence-corrected chi connectivity index (χ4v) is 2.90. The monoisotopic (exact) mass is 396 g/mol. The average Bonchev–Trinajstić information content (AvgIpc) is 2.68. The molecule has 0 spiro atoms. The first-order valence-electron chi connectivity index (χ1n) is 8.74. The number of hydrogen-bond acceptors (Lipinski definition) is 5. The highest BCUT2D eigenvalue weighted by Crippen LogP contribution is 2.23. The van der Waals surface area contributed by atoms with Gasteiger partial charge in [0.2, 0.25) is 0 Å². The van der Waals surface area contributed by atoms with Crippen molar-refractivity contribution in [2.24, 2.45) is 0 Å². The summed E-state index contributed by atoms with van der Waals surface area (Å²) in [7, 11) is 1.62. The van der Waals surface area contributed by atoms with Gasteiger partial charge in [0.05, 0.1) is 7.11 Å². The van der Waals surface area contributed by atoms with Gasteiger partial charge in [0.15, 0.2) is 0 Å². The van der Waals surface area contributed by atoms with Gasteiger partial charge in [-0.2, -0.15) is 0 Å². The first-order valence-corrected chi connectivity index (χ1v) is 9.12. The van der Waals surface area contributed by atoms with Crippen LogP contribution in [0.3, 0.4) is 0 Å². The van der Waals surface area contributed by atoms with Gasteiger partial charge in [-0.05, 0) is 55.3 Å². The Hall–Kier alpha value is -3.12. The first kappa shape index (κ1) is 19.6. The normalized spacial score (nSPS) is 10.4. The first-order chi connectivity index (χ1) is 13.4. The lowest BCUT2D eigenvalue weighted by molar-refractivity contribution is 0.0945. The summed E-state index contributed by atoms with van der Waals surface area (Å²) in [5.41, 5.74) is 3.12. The Balaban J connectivity index is 1.71. The van der Waals surface area contributed by atoms with Gasteiger partial charge in [-0.15, -0.1) is 0 Å². The van der Waals surface area contributed by atoms with Crippen molar-refractivity contribution in [1.82, 2.24) is 15.3 Å². The molecule has 0 atom stereocenters. The molecule has 0 saturated heterocycles. The number of amides is 1. The number of hydrogen-bond donors (Lipinski definition) is 2. The SMILES string of the molecule is COc1ccc(CNC(=O)c2cc(Nc3ccc(Cl)cc3C)nc(C)n2)cc1. The zero-order valence-electron chi connectivity index (χ0n) is 15.9. The molecule has 3 aromatic rings. The third-order valence-electron chi connectivity index (χ3n) is 4.13. The highest BCUT2D eigenvalue weighted by molar-refractivity contribution is 6.30. The Labute approximate surface area is 168 Å². The summed E-state index contributed by atoms with van der Waals surface area (Å²) in [5.74, 6) is 1.56. The van der Waals surface area contributed by atoms with Gasteiger partial charge < -0.3 is 15.4 Å². The number of carbonyl (C=O) groups excluding carboxylic acids is 1. The molecule has 1 amide bonds. The minimum absolute atomic E-state index is 0.266. The number of benzene rings is 2. The zero-order chi connectivity index (χ0) is 20.1. The molecule has 6 nitrogen and oxygen atoms in total. The second-order valence-electron chi connectivity index (χ2n) is 6.30. The maximum Gasteiger partial charge on any atom is 0.270 e. The van der Waals surface area contributed by atoms with Gasteiger partial charge in [-0.25, -0.2) is 9.97 Å². The van der Waals surface area contributed by atoms with E-state index in [1.807, 2.05) is 43.3 Å². The molecular weight excluding hydrogens is 376 g/mol. The molecule has 0 aliphatic rings. The number of ether oxygens (including phenoxy) is 1. The van der Waals surface area contributed by atoms with Gasteiger partial charge in [0.1, 0.15) is 23.1 Å². The maximum atomic E-state index is 12.5. The third-order valence-corrected chi connectivity index (χ3v) is 4.37. The van der Waals surface area contributed by atoms with Crippen molar-refractivity contribution in [3.63, 3.8) is 0 Å². The molecule has 0 aliphatic heterocycles. The summed E-state index contributed by atoms with van der Waals surface area (Å²) < 4.78 is 5.14. The average molecular weight is 397 g/mol. The molecule has 2 aromatic carbocycles. The second kappa shape index (κ2) is 8.71. The zero-order valence-corrected chi connectivity index (χ0v) is 16.7. The lowest BCUT2D eigenvalue weighted by Gasteiger charge is -2.11. The molecular formula is C21H21ClN4O2. The molecule has 0 unspecified atom stereocenters. The summed E-state index contributed by atoms with van der Waals surface area (Å²) in [6.45, 7) is 4.09. The summed E-state index contributed by atoms with van der Waals surface area (Å²) in [6, 6.07) is 14.7. The van der Waals surface area contributed by atoms with Crippen LogP contribution in [0.15, 0.2) is 48.5 Å². The van der Waals surface area contributed by atoms with Crippen LogP contribution in [0.5, 0.6) is 5.75 Å². The Morgan fingerprint density at radius 3 is 2.50 bits per heavy atom. The number of carbonyl (C=O) groups is 1. The minimum Gasteiger partial charge on any atom is -0.497 e. The van der Waals surface area contributed by atoms with E-state index in [4.69, 9.17) is 16.3 Å². The van der Waals surface area contributed by atoms with E-state index in [9.17, 15) is 4.79 Å². The summed E-state index contributed by atoms with van der Waals surface area (Å²) >= 11 is 6.00. The molecule has 7 heteroatoms. The van der Waals surface area contributed by atoms with Crippen LogP contribution in [-0.4, -0.2) is 23.0 Å². The number of halogens is 1. The number of anilines is 2. The van der Waals surface area contributed by atoms with E-state index in [-0.39, 0.29) is 5.91 Å². The number of nitrogens with one attached hydrogen (secondary N) is 2. The van der Waals surface area contributed by atoms with Crippen LogP contribution >= 0.6 is 11.6 Å². The van der Waals surface area contributed by atoms with Gasteiger partial charge in [-0.1, -0.05) is 23.7 Å². The molecule has 3 rings (SSSR count). The Bertz CT molecular complexity index is 990. The van der Waals surface area contributed by atoms with Crippen molar-refractivity contribution < 1.29 is 9.53 Å². The number of methoxy groups -OCH3 is 1. The summed E-state index contributed by atoms with van der Waals surface area (Å²) in [5, 5.41) is 6.76. The van der Waals surface area contributed by atoms with E-state index in [1.54, 1.807) is 26.2 Å². The molecule has 0 fully saturated rings. The van der Waals surface area contributed by atoms with Crippen LogP contribution in [0.25, 0.3) is 0 Å². The van der Waals surface area contributed by atoms with Gasteiger partial charge in [0.25, 0.3) is 5.91 Å². The number of aromatic nitrogens is 2. The molecule has 28 heavy (non-hydrogen) atoms. The molecule has 0 bridgehead atoms. The molecule has 0 saturated carbocycles. The van der Waals surface area contributed by atoms with Crippen LogP contribution in [0, 0.1) is 13.8 Å². The van der Waals surface area contributed by atoms with E-state index < -0.39 is 0 Å². The van der Waals surface area contributed by atoms with Crippen molar-refractivity contribution in [2.45, 2.75) is 20.4 Å². The van der Waals surface area contributed by atoms with Gasteiger partial charge in [0, 0.05) is 23.3 Å². The van der Waals surface area contributed by atoms with Crippen molar-refractivity contribution in [3.05, 3.63) is 76.2 Å². The van der Waals surface area contributed by atoms with Crippen molar-refractivity contribution in [3.8, 4) is 5.75 Å². The molecule has 144 valence electrons. The number of nitrogens with zero attached hydrogens (tertiary/aromatic N) is 2. The van der Waals surface area contributed by atoms with Crippen LogP contribution in [0.2, 0.25) is 5.02 Å². The topological polar surface area (TPSA) is 76.1 Å². The molecule has 1 heterocycles. The van der Waals surface area contributed by atoms with Crippen LogP contribution in [-0.2, 0) is 6.54 Å². The Kier molecular flexibility index (Phi) is 6.11. The minimum atomic E-state index is -0.266. The van der Waals surface area contributed by atoms with Gasteiger partial charge >= 0.3 is 0 Å². The summed E-state index contributed by atoms with van der Waals surface area (Å²) in [4.78, 5) is 21.1. The maximum absolute atomic E-state index is 12.5. The van der Waals surface area contributed by atoms with E-state index in [1.165, 1.54) is 0 Å². The smallest absolute Gasteiger partial charge is 0.270 e. The predicted octanol–water partition coefficient (Wildman–Crippen LogP) is 4.43. The molecule has 2 N–H and O–H groups in total. The van der Waals surface area contributed by atoms with Crippen molar-refractivity contribution in [2.75, 3.05) is 12.4 Å². The van der Waals surface area contributed by atoms with Crippen molar-refractivity contribution >= 4 is 29.0 Å². The molecule has 1 aromatic heterocycles. The predicted molar refractivity (Wildman–Crippen MR) is 110 cm³/mol. The van der Waals surface area contributed by atoms with Crippen LogP contribution < -0.4 is 15.4 Å². The van der Waals surface area contributed by atoms with E-state index >= 15 is 0 Å². The number of aryl methyl sites for hydroxylation is 2. The number of rotatable bonds is 6.